The molecule has 2 aromatic heterocycles. The quantitative estimate of drug-likeness (QED) is 0.350. The van der Waals surface area contributed by atoms with Gasteiger partial charge in [0.2, 0.25) is 0 Å². The minimum atomic E-state index is -0.0710. The van der Waals surface area contributed by atoms with Crippen LogP contribution in [0.4, 0.5) is 5.69 Å². The van der Waals surface area contributed by atoms with Crippen LogP contribution in [0.25, 0.3) is 5.69 Å². The van der Waals surface area contributed by atoms with Crippen LogP contribution in [-0.2, 0) is 0 Å². The van der Waals surface area contributed by atoms with E-state index in [9.17, 15) is 0 Å². The van der Waals surface area contributed by atoms with Crippen molar-refractivity contribution >= 4 is 38.9 Å². The SMILES string of the molecule is Cc1cccc(N2C(=S)N[C@H](c3ccccn3)[C@@H]2c2cccn2-c2ccc(Br)cc2)c1. The van der Waals surface area contributed by atoms with Crippen LogP contribution in [-0.4, -0.2) is 14.7 Å². The molecule has 2 aromatic carbocycles. The van der Waals surface area contributed by atoms with Gasteiger partial charge in [0.1, 0.15) is 6.04 Å². The van der Waals surface area contributed by atoms with Gasteiger partial charge in [0.05, 0.1) is 11.7 Å². The molecule has 154 valence electrons. The molecular formula is C25H21BrN4S. The zero-order valence-corrected chi connectivity index (χ0v) is 19.3. The number of benzene rings is 2. The molecule has 1 fully saturated rings. The highest BCUT2D eigenvalue weighted by Gasteiger charge is 2.42. The van der Waals surface area contributed by atoms with Gasteiger partial charge >= 0.3 is 0 Å². The Hall–Kier alpha value is -2.96. The van der Waals surface area contributed by atoms with Gasteiger partial charge in [-0.15, -0.1) is 0 Å². The number of hydrogen-bond donors (Lipinski definition) is 1. The largest absolute Gasteiger partial charge is 0.351 e. The van der Waals surface area contributed by atoms with Crippen LogP contribution in [0, 0.1) is 6.92 Å². The van der Waals surface area contributed by atoms with E-state index in [0.29, 0.717) is 5.11 Å². The van der Waals surface area contributed by atoms with Crippen molar-refractivity contribution in [3.63, 3.8) is 0 Å². The third-order valence-corrected chi connectivity index (χ3v) is 6.41. The maximum absolute atomic E-state index is 5.84. The van der Waals surface area contributed by atoms with E-state index < -0.39 is 0 Å². The van der Waals surface area contributed by atoms with Gasteiger partial charge in [-0.3, -0.25) is 4.98 Å². The predicted octanol–water partition coefficient (Wildman–Crippen LogP) is 6.12. The van der Waals surface area contributed by atoms with Gasteiger partial charge in [0, 0.05) is 33.9 Å². The highest BCUT2D eigenvalue weighted by atomic mass is 79.9. The van der Waals surface area contributed by atoms with Crippen LogP contribution >= 0.6 is 28.1 Å². The average molecular weight is 489 g/mol. The van der Waals surface area contributed by atoms with Crippen molar-refractivity contribution in [2.45, 2.75) is 19.0 Å². The van der Waals surface area contributed by atoms with Crippen LogP contribution < -0.4 is 10.2 Å². The molecule has 4 nitrogen and oxygen atoms in total. The molecule has 1 N–H and O–H groups in total. The van der Waals surface area contributed by atoms with Gasteiger partial charge in [-0.2, -0.15) is 0 Å². The number of hydrogen-bond acceptors (Lipinski definition) is 2. The Labute approximate surface area is 195 Å². The van der Waals surface area contributed by atoms with Crippen LogP contribution in [0.2, 0.25) is 0 Å². The van der Waals surface area contributed by atoms with E-state index in [1.807, 2.05) is 18.3 Å². The smallest absolute Gasteiger partial charge is 0.174 e. The molecule has 31 heavy (non-hydrogen) atoms. The van der Waals surface area contributed by atoms with E-state index in [-0.39, 0.29) is 12.1 Å². The van der Waals surface area contributed by atoms with Crippen molar-refractivity contribution in [1.82, 2.24) is 14.9 Å². The monoisotopic (exact) mass is 488 g/mol. The molecule has 0 radical (unpaired) electrons. The summed E-state index contributed by atoms with van der Waals surface area (Å²) in [4.78, 5) is 6.87. The highest BCUT2D eigenvalue weighted by Crippen LogP contribution is 2.42. The standard InChI is InChI=1S/C25H21BrN4S/c1-17-6-4-7-20(16-17)30-24(23(28-25(30)31)21-8-2-3-14-27-21)22-9-5-15-29(22)19-12-10-18(26)11-13-19/h2-16,23-24H,1H3,(H,28,31)/t23-,24+/m1/s1. The van der Waals surface area contributed by atoms with Crippen molar-refractivity contribution in [2.24, 2.45) is 0 Å². The second-order valence-electron chi connectivity index (χ2n) is 7.62. The topological polar surface area (TPSA) is 33.1 Å². The molecule has 0 amide bonds. The second kappa shape index (κ2) is 8.29. The molecular weight excluding hydrogens is 468 g/mol. The lowest BCUT2D eigenvalue weighted by molar-refractivity contribution is 0.549. The number of nitrogens with one attached hydrogen (secondary N) is 1. The van der Waals surface area contributed by atoms with Gasteiger partial charge in [-0.1, -0.05) is 34.1 Å². The zero-order chi connectivity index (χ0) is 21.4. The van der Waals surface area contributed by atoms with Crippen molar-refractivity contribution in [3.05, 3.63) is 113 Å². The first-order valence-electron chi connectivity index (χ1n) is 10.1. The van der Waals surface area contributed by atoms with E-state index >= 15 is 0 Å². The lowest BCUT2D eigenvalue weighted by Gasteiger charge is -2.29. The third kappa shape index (κ3) is 3.77. The van der Waals surface area contributed by atoms with Crippen LogP contribution in [0.3, 0.4) is 0 Å². The minimum absolute atomic E-state index is 0.0529. The second-order valence-corrected chi connectivity index (χ2v) is 8.92. The summed E-state index contributed by atoms with van der Waals surface area (Å²) in [5.41, 5.74) is 5.48. The third-order valence-electron chi connectivity index (χ3n) is 5.57. The Morgan fingerprint density at radius 3 is 2.52 bits per heavy atom. The van der Waals surface area contributed by atoms with Gasteiger partial charge in [-0.25, -0.2) is 0 Å². The maximum atomic E-state index is 5.84. The summed E-state index contributed by atoms with van der Waals surface area (Å²) < 4.78 is 3.28. The Kier molecular flexibility index (Phi) is 5.34. The van der Waals surface area contributed by atoms with Crippen LogP contribution in [0.15, 0.2) is 95.7 Å². The number of anilines is 1. The molecule has 0 spiro atoms. The predicted molar refractivity (Wildman–Crippen MR) is 133 cm³/mol. The number of rotatable bonds is 4. The number of halogens is 1. The van der Waals surface area contributed by atoms with E-state index in [1.54, 1.807) is 0 Å². The van der Waals surface area contributed by atoms with Gasteiger partial charge in [-0.05, 0) is 85.4 Å². The van der Waals surface area contributed by atoms with Gasteiger partial charge < -0.3 is 14.8 Å². The number of thiocarbonyl (C=S) groups is 1. The molecule has 1 aliphatic rings. The van der Waals surface area contributed by atoms with Crippen molar-refractivity contribution in [1.29, 1.82) is 0 Å². The molecule has 0 saturated carbocycles. The molecule has 1 aliphatic heterocycles. The van der Waals surface area contributed by atoms with Crippen molar-refractivity contribution < 1.29 is 0 Å². The van der Waals surface area contributed by atoms with Gasteiger partial charge in [0.15, 0.2) is 5.11 Å². The fourth-order valence-electron chi connectivity index (χ4n) is 4.18. The lowest BCUT2D eigenvalue weighted by atomic mass is 10.0. The molecule has 1 saturated heterocycles. The molecule has 0 aliphatic carbocycles. The average Bonchev–Trinajstić information content (AvgIpc) is 3.39. The Balaban J connectivity index is 1.67. The zero-order valence-electron chi connectivity index (χ0n) is 16.9. The van der Waals surface area contributed by atoms with Crippen LogP contribution in [0.1, 0.15) is 29.0 Å². The molecule has 2 atom stereocenters. The molecule has 4 aromatic rings. The fraction of sp³-hybridized carbons (Fsp3) is 0.120. The number of nitrogens with zero attached hydrogens (tertiary/aromatic N) is 3. The Morgan fingerprint density at radius 1 is 0.935 bits per heavy atom. The van der Waals surface area contributed by atoms with E-state index in [0.717, 1.165) is 27.2 Å². The molecule has 3 heterocycles. The summed E-state index contributed by atoms with van der Waals surface area (Å²) in [5, 5.41) is 4.24. The fourth-order valence-corrected chi connectivity index (χ4v) is 4.79. The van der Waals surface area contributed by atoms with Gasteiger partial charge in [0.25, 0.3) is 0 Å². The molecule has 0 unspecified atom stereocenters. The number of aryl methyl sites for hydroxylation is 1. The lowest BCUT2D eigenvalue weighted by Crippen LogP contribution is -2.30. The summed E-state index contributed by atoms with van der Waals surface area (Å²) in [6.45, 7) is 2.10. The summed E-state index contributed by atoms with van der Waals surface area (Å²) in [5.74, 6) is 0. The number of aromatic nitrogens is 2. The van der Waals surface area contributed by atoms with Crippen molar-refractivity contribution in [3.8, 4) is 5.69 Å². The van der Waals surface area contributed by atoms with E-state index in [1.165, 1.54) is 5.56 Å². The first-order chi connectivity index (χ1) is 15.1. The van der Waals surface area contributed by atoms with Crippen LogP contribution in [0.5, 0.6) is 0 Å². The summed E-state index contributed by atoms with van der Waals surface area (Å²) in [7, 11) is 0. The minimum Gasteiger partial charge on any atom is -0.351 e. The summed E-state index contributed by atoms with van der Waals surface area (Å²) in [6.07, 6.45) is 3.93. The number of pyridine rings is 1. The molecule has 0 bridgehead atoms. The summed E-state index contributed by atoms with van der Waals surface area (Å²) in [6, 6.07) is 27.0. The Morgan fingerprint density at radius 2 is 1.77 bits per heavy atom. The Bertz CT molecular complexity index is 1220. The maximum Gasteiger partial charge on any atom is 0.174 e. The molecule has 5 rings (SSSR count). The van der Waals surface area contributed by atoms with E-state index in [2.05, 4.69) is 116 Å². The molecule has 6 heteroatoms. The van der Waals surface area contributed by atoms with E-state index in [4.69, 9.17) is 12.2 Å². The van der Waals surface area contributed by atoms with Crippen molar-refractivity contribution in [2.75, 3.05) is 4.90 Å². The normalized spacial score (nSPS) is 18.3. The highest BCUT2D eigenvalue weighted by molar-refractivity contribution is 9.10. The first kappa shape index (κ1) is 20.0. The first-order valence-corrected chi connectivity index (χ1v) is 11.3. The summed E-state index contributed by atoms with van der Waals surface area (Å²) >= 11 is 9.38.